The van der Waals surface area contributed by atoms with E-state index in [0.717, 1.165) is 12.2 Å². The maximum atomic E-state index is 5.75. The summed E-state index contributed by atoms with van der Waals surface area (Å²) in [5.74, 6) is 1.01. The minimum absolute atomic E-state index is 0.0190. The number of halogens is 1. The van der Waals surface area contributed by atoms with Crippen LogP contribution < -0.4 is 10.5 Å². The molecule has 0 atom stereocenters. The Bertz CT molecular complexity index is 453. The van der Waals surface area contributed by atoms with Gasteiger partial charge in [-0.3, -0.25) is 0 Å². The van der Waals surface area contributed by atoms with Crippen molar-refractivity contribution in [2.75, 3.05) is 13.7 Å². The van der Waals surface area contributed by atoms with Gasteiger partial charge >= 0.3 is 0 Å². The van der Waals surface area contributed by atoms with E-state index >= 15 is 0 Å². The van der Waals surface area contributed by atoms with Crippen LogP contribution in [0, 0.1) is 20.8 Å². The smallest absolute Gasteiger partial charge is 0.126 e. The summed E-state index contributed by atoms with van der Waals surface area (Å²) in [6, 6.07) is 0. The molecule has 0 saturated carbocycles. The molecule has 2 nitrogen and oxygen atoms in total. The van der Waals surface area contributed by atoms with Gasteiger partial charge in [-0.25, -0.2) is 0 Å². The largest absolute Gasteiger partial charge is 0.496 e. The highest BCUT2D eigenvalue weighted by molar-refractivity contribution is 9.10. The fourth-order valence-corrected chi connectivity index (χ4v) is 3.14. The highest BCUT2D eigenvalue weighted by Crippen LogP contribution is 2.43. The van der Waals surface area contributed by atoms with E-state index in [2.05, 4.69) is 50.5 Å². The van der Waals surface area contributed by atoms with Crippen LogP contribution in [0.4, 0.5) is 0 Å². The van der Waals surface area contributed by atoms with E-state index < -0.39 is 0 Å². The van der Waals surface area contributed by atoms with E-state index in [1.165, 1.54) is 26.7 Å². The Morgan fingerprint density at radius 2 is 1.67 bits per heavy atom. The monoisotopic (exact) mass is 313 g/mol. The first kappa shape index (κ1) is 15.5. The quantitative estimate of drug-likeness (QED) is 0.911. The van der Waals surface area contributed by atoms with Crippen LogP contribution in [0.2, 0.25) is 0 Å². The predicted molar refractivity (Wildman–Crippen MR) is 81.6 cm³/mol. The van der Waals surface area contributed by atoms with Crippen molar-refractivity contribution in [3.8, 4) is 5.75 Å². The third kappa shape index (κ3) is 2.57. The van der Waals surface area contributed by atoms with Gasteiger partial charge in [-0.2, -0.15) is 0 Å². The van der Waals surface area contributed by atoms with E-state index in [0.29, 0.717) is 6.54 Å². The first-order valence-electron chi connectivity index (χ1n) is 6.31. The minimum Gasteiger partial charge on any atom is -0.496 e. The van der Waals surface area contributed by atoms with Crippen molar-refractivity contribution < 1.29 is 4.74 Å². The van der Waals surface area contributed by atoms with Gasteiger partial charge in [0.2, 0.25) is 0 Å². The zero-order chi connectivity index (χ0) is 14.1. The molecule has 0 amide bonds. The van der Waals surface area contributed by atoms with Crippen molar-refractivity contribution in [3.63, 3.8) is 0 Å². The Balaban J connectivity index is 3.61. The van der Waals surface area contributed by atoms with Crippen LogP contribution >= 0.6 is 15.9 Å². The molecule has 0 aromatic heterocycles. The summed E-state index contributed by atoms with van der Waals surface area (Å²) in [5.41, 5.74) is 10.7. The molecule has 0 saturated heterocycles. The third-order valence-electron chi connectivity index (χ3n) is 3.81. The van der Waals surface area contributed by atoms with Crippen LogP contribution in [0.5, 0.6) is 5.75 Å². The number of rotatable bonds is 4. The average Bonchev–Trinajstić information content (AvgIpc) is 2.30. The van der Waals surface area contributed by atoms with Gasteiger partial charge in [-0.15, -0.1) is 0 Å². The second-order valence-electron chi connectivity index (χ2n) is 5.52. The van der Waals surface area contributed by atoms with E-state index in [1.54, 1.807) is 7.11 Å². The van der Waals surface area contributed by atoms with Crippen molar-refractivity contribution in [1.29, 1.82) is 0 Å². The van der Waals surface area contributed by atoms with Crippen LogP contribution in [0.1, 0.15) is 42.5 Å². The Morgan fingerprint density at radius 1 is 1.11 bits per heavy atom. The van der Waals surface area contributed by atoms with Gasteiger partial charge in [0, 0.05) is 10.0 Å². The molecule has 0 aliphatic heterocycles. The summed E-state index contributed by atoms with van der Waals surface area (Å²) in [5, 5.41) is 0. The molecule has 1 aromatic rings. The molecule has 102 valence electrons. The lowest BCUT2D eigenvalue weighted by Crippen LogP contribution is -2.24. The molecular weight excluding hydrogens is 290 g/mol. The SMILES string of the molecule is COc1c(C)c(C)c(Br)c(C)c1C(C)(C)CCN. The second kappa shape index (κ2) is 5.62. The van der Waals surface area contributed by atoms with Crippen molar-refractivity contribution >= 4 is 15.9 Å². The molecule has 0 bridgehead atoms. The normalized spacial score (nSPS) is 11.8. The van der Waals surface area contributed by atoms with Gasteiger partial charge in [-0.1, -0.05) is 29.8 Å². The zero-order valence-corrected chi connectivity index (χ0v) is 13.9. The van der Waals surface area contributed by atoms with E-state index in [4.69, 9.17) is 10.5 Å². The summed E-state index contributed by atoms with van der Waals surface area (Å²) in [7, 11) is 1.75. The van der Waals surface area contributed by atoms with Crippen molar-refractivity contribution in [3.05, 3.63) is 26.7 Å². The van der Waals surface area contributed by atoms with Crippen molar-refractivity contribution in [2.45, 2.75) is 46.5 Å². The summed E-state index contributed by atoms with van der Waals surface area (Å²) in [4.78, 5) is 0. The summed E-state index contributed by atoms with van der Waals surface area (Å²) >= 11 is 3.70. The molecular formula is C15H24BrNO. The van der Waals surface area contributed by atoms with Gasteiger partial charge in [-0.05, 0) is 55.8 Å². The number of nitrogens with two attached hydrogens (primary N) is 1. The highest BCUT2D eigenvalue weighted by Gasteiger charge is 2.29. The zero-order valence-electron chi connectivity index (χ0n) is 12.3. The lowest BCUT2D eigenvalue weighted by molar-refractivity contribution is 0.382. The van der Waals surface area contributed by atoms with Gasteiger partial charge in [0.25, 0.3) is 0 Å². The number of methoxy groups -OCH3 is 1. The van der Waals surface area contributed by atoms with Crippen LogP contribution in [-0.2, 0) is 5.41 Å². The molecule has 0 heterocycles. The number of ether oxygens (including phenoxy) is 1. The lowest BCUT2D eigenvalue weighted by atomic mass is 9.77. The molecule has 1 aromatic carbocycles. The van der Waals surface area contributed by atoms with Gasteiger partial charge < -0.3 is 10.5 Å². The van der Waals surface area contributed by atoms with E-state index in [9.17, 15) is 0 Å². The molecule has 0 spiro atoms. The van der Waals surface area contributed by atoms with E-state index in [1.807, 2.05) is 0 Å². The highest BCUT2D eigenvalue weighted by atomic mass is 79.9. The van der Waals surface area contributed by atoms with Gasteiger partial charge in [0.1, 0.15) is 5.75 Å². The van der Waals surface area contributed by atoms with Gasteiger partial charge in [0.05, 0.1) is 7.11 Å². The number of benzene rings is 1. The molecule has 0 unspecified atom stereocenters. The molecule has 3 heteroatoms. The van der Waals surface area contributed by atoms with E-state index in [-0.39, 0.29) is 5.41 Å². The maximum Gasteiger partial charge on any atom is 0.126 e. The number of hydrogen-bond acceptors (Lipinski definition) is 2. The molecule has 1 rings (SSSR count). The Labute approximate surface area is 119 Å². The Morgan fingerprint density at radius 3 is 2.11 bits per heavy atom. The van der Waals surface area contributed by atoms with Crippen molar-refractivity contribution in [1.82, 2.24) is 0 Å². The molecule has 2 N–H and O–H groups in total. The summed E-state index contributed by atoms with van der Waals surface area (Å²) in [6.45, 7) is 11.5. The molecule has 0 aliphatic rings. The third-order valence-corrected chi connectivity index (χ3v) is 5.00. The molecule has 0 aliphatic carbocycles. The molecule has 0 radical (unpaired) electrons. The Hall–Kier alpha value is -0.540. The van der Waals surface area contributed by atoms with Crippen LogP contribution in [0.25, 0.3) is 0 Å². The molecule has 18 heavy (non-hydrogen) atoms. The van der Waals surface area contributed by atoms with Crippen LogP contribution in [0.15, 0.2) is 4.47 Å². The fourth-order valence-electron chi connectivity index (χ4n) is 2.64. The summed E-state index contributed by atoms with van der Waals surface area (Å²) < 4.78 is 6.85. The second-order valence-corrected chi connectivity index (χ2v) is 6.31. The first-order chi connectivity index (χ1) is 8.27. The predicted octanol–water partition coefficient (Wildman–Crippen LogP) is 4.01. The van der Waals surface area contributed by atoms with Gasteiger partial charge in [0.15, 0.2) is 0 Å². The summed E-state index contributed by atoms with van der Waals surface area (Å²) in [6.07, 6.45) is 0.944. The first-order valence-corrected chi connectivity index (χ1v) is 7.11. The fraction of sp³-hybridized carbons (Fsp3) is 0.600. The standard InChI is InChI=1S/C15H24BrNO/c1-9-10(2)14(18-6)12(11(3)13(9)16)15(4,5)7-8-17/h7-8,17H2,1-6H3. The topological polar surface area (TPSA) is 35.2 Å². The lowest BCUT2D eigenvalue weighted by Gasteiger charge is -2.31. The minimum atomic E-state index is 0.0190. The van der Waals surface area contributed by atoms with Crippen LogP contribution in [0.3, 0.4) is 0 Å². The number of hydrogen-bond donors (Lipinski definition) is 1. The van der Waals surface area contributed by atoms with Crippen LogP contribution in [-0.4, -0.2) is 13.7 Å². The Kier molecular flexibility index (Phi) is 4.84. The average molecular weight is 314 g/mol. The van der Waals surface area contributed by atoms with Crippen molar-refractivity contribution in [2.24, 2.45) is 5.73 Å². The maximum absolute atomic E-state index is 5.75. The molecule has 0 fully saturated rings.